The Balaban J connectivity index is 2.26. The standard InChI is InChI=1S/C19H24N4O3/c1-5-23(12-20)17(24)16(22-18(25)26-19(2,3)4)10-13-11-21-15-9-7-6-8-14(13)15/h6-9,11,16,21H,5,10H2,1-4H3,(H,22,25). The predicted molar refractivity (Wildman–Crippen MR) is 98.2 cm³/mol. The molecule has 1 atom stereocenters. The number of aromatic amines is 1. The molecule has 7 nitrogen and oxygen atoms in total. The van der Waals surface area contributed by atoms with Crippen LogP contribution >= 0.6 is 0 Å². The van der Waals surface area contributed by atoms with Crippen LogP contribution in [0, 0.1) is 11.5 Å². The van der Waals surface area contributed by atoms with E-state index in [4.69, 9.17) is 10.00 Å². The van der Waals surface area contributed by atoms with Gasteiger partial charge in [-0.1, -0.05) is 18.2 Å². The van der Waals surface area contributed by atoms with Crippen LogP contribution in [0.25, 0.3) is 10.9 Å². The van der Waals surface area contributed by atoms with Gasteiger partial charge in [0.2, 0.25) is 0 Å². The van der Waals surface area contributed by atoms with E-state index in [0.717, 1.165) is 21.4 Å². The van der Waals surface area contributed by atoms with Gasteiger partial charge in [-0.2, -0.15) is 5.26 Å². The number of amides is 2. The smallest absolute Gasteiger partial charge is 0.408 e. The van der Waals surface area contributed by atoms with E-state index in [1.807, 2.05) is 36.7 Å². The third kappa shape index (κ3) is 4.76. The van der Waals surface area contributed by atoms with Crippen molar-refractivity contribution in [1.29, 1.82) is 5.26 Å². The molecule has 0 radical (unpaired) electrons. The summed E-state index contributed by atoms with van der Waals surface area (Å²) in [7, 11) is 0. The largest absolute Gasteiger partial charge is 0.444 e. The number of alkyl carbamates (subject to hydrolysis) is 1. The zero-order valence-electron chi connectivity index (χ0n) is 15.5. The van der Waals surface area contributed by atoms with Crippen molar-refractivity contribution in [2.75, 3.05) is 6.54 Å². The van der Waals surface area contributed by atoms with Gasteiger partial charge >= 0.3 is 6.09 Å². The molecule has 0 bridgehead atoms. The van der Waals surface area contributed by atoms with E-state index in [0.29, 0.717) is 0 Å². The Kier molecular flexibility index (Phi) is 5.88. The normalized spacial score (nSPS) is 12.3. The van der Waals surface area contributed by atoms with Crippen molar-refractivity contribution in [1.82, 2.24) is 15.2 Å². The second-order valence-electron chi connectivity index (χ2n) is 6.94. The van der Waals surface area contributed by atoms with Crippen molar-refractivity contribution in [2.45, 2.75) is 45.8 Å². The lowest BCUT2D eigenvalue weighted by Crippen LogP contribution is -2.49. The molecule has 1 aromatic carbocycles. The first-order chi connectivity index (χ1) is 12.2. The molecule has 0 saturated heterocycles. The van der Waals surface area contributed by atoms with Crippen molar-refractivity contribution in [3.05, 3.63) is 36.0 Å². The lowest BCUT2D eigenvalue weighted by molar-refractivity contribution is -0.130. The molecule has 1 aromatic heterocycles. The Morgan fingerprint density at radius 2 is 2.04 bits per heavy atom. The van der Waals surface area contributed by atoms with Crippen LogP contribution in [0.4, 0.5) is 4.79 Å². The van der Waals surface area contributed by atoms with E-state index in [1.165, 1.54) is 0 Å². The maximum absolute atomic E-state index is 12.7. The summed E-state index contributed by atoms with van der Waals surface area (Å²) < 4.78 is 5.26. The topological polar surface area (TPSA) is 98.2 Å². The summed E-state index contributed by atoms with van der Waals surface area (Å²) >= 11 is 0. The number of para-hydroxylation sites is 1. The van der Waals surface area contributed by atoms with Crippen LogP contribution in [0.15, 0.2) is 30.5 Å². The van der Waals surface area contributed by atoms with Crippen molar-refractivity contribution in [2.24, 2.45) is 0 Å². The third-order valence-corrected chi connectivity index (χ3v) is 3.79. The molecule has 0 aliphatic rings. The monoisotopic (exact) mass is 356 g/mol. The first kappa shape index (κ1) is 19.3. The van der Waals surface area contributed by atoms with Gasteiger partial charge in [0.25, 0.3) is 5.91 Å². The number of H-pyrrole nitrogens is 1. The number of rotatable bonds is 5. The Labute approximate surface area is 152 Å². The molecule has 2 amide bonds. The van der Waals surface area contributed by atoms with Crippen LogP contribution in [0.3, 0.4) is 0 Å². The predicted octanol–water partition coefficient (Wildman–Crippen LogP) is 2.93. The molecule has 0 aliphatic heterocycles. The van der Waals surface area contributed by atoms with E-state index in [2.05, 4.69) is 10.3 Å². The number of nitriles is 1. The molecule has 0 fully saturated rings. The summed E-state index contributed by atoms with van der Waals surface area (Å²) in [5.41, 5.74) is 1.14. The molecule has 1 unspecified atom stereocenters. The summed E-state index contributed by atoms with van der Waals surface area (Å²) in [5, 5.41) is 12.7. The molecule has 2 rings (SSSR count). The van der Waals surface area contributed by atoms with Crippen molar-refractivity contribution < 1.29 is 14.3 Å². The summed E-state index contributed by atoms with van der Waals surface area (Å²) in [6.45, 7) is 7.18. The van der Waals surface area contributed by atoms with Crippen LogP contribution in [0.1, 0.15) is 33.3 Å². The molecule has 2 N–H and O–H groups in total. The van der Waals surface area contributed by atoms with Gasteiger partial charge < -0.3 is 15.0 Å². The Bertz CT molecular complexity index is 829. The fourth-order valence-corrected chi connectivity index (χ4v) is 2.63. The highest BCUT2D eigenvalue weighted by Crippen LogP contribution is 2.20. The Morgan fingerprint density at radius 3 is 2.65 bits per heavy atom. The van der Waals surface area contributed by atoms with Crippen LogP contribution in [-0.2, 0) is 16.0 Å². The lowest BCUT2D eigenvalue weighted by Gasteiger charge is -2.24. The molecule has 1 heterocycles. The Hall–Kier alpha value is -3.01. The molecule has 26 heavy (non-hydrogen) atoms. The SMILES string of the molecule is CCN(C#N)C(=O)C(Cc1c[nH]c2ccccc12)NC(=O)OC(C)(C)C. The van der Waals surface area contributed by atoms with Gasteiger partial charge in [0.1, 0.15) is 11.6 Å². The quantitative estimate of drug-likeness (QED) is 0.636. The van der Waals surface area contributed by atoms with E-state index in [-0.39, 0.29) is 13.0 Å². The molecular formula is C19H24N4O3. The van der Waals surface area contributed by atoms with E-state index in [9.17, 15) is 9.59 Å². The third-order valence-electron chi connectivity index (χ3n) is 3.79. The van der Waals surface area contributed by atoms with Gasteiger partial charge in [-0.3, -0.25) is 4.79 Å². The summed E-state index contributed by atoms with van der Waals surface area (Å²) in [5.74, 6) is -0.467. The minimum Gasteiger partial charge on any atom is -0.444 e. The maximum atomic E-state index is 12.7. The number of carbonyl (C=O) groups is 2. The number of hydrogen-bond donors (Lipinski definition) is 2. The zero-order valence-corrected chi connectivity index (χ0v) is 15.5. The average Bonchev–Trinajstić information content (AvgIpc) is 2.97. The average molecular weight is 356 g/mol. The number of aromatic nitrogens is 1. The second-order valence-corrected chi connectivity index (χ2v) is 6.94. The van der Waals surface area contributed by atoms with E-state index < -0.39 is 23.6 Å². The lowest BCUT2D eigenvalue weighted by atomic mass is 10.0. The first-order valence-electron chi connectivity index (χ1n) is 8.50. The summed E-state index contributed by atoms with van der Waals surface area (Å²) in [6, 6.07) is 6.80. The fraction of sp³-hybridized carbons (Fsp3) is 0.421. The number of nitrogens with zero attached hydrogens (tertiary/aromatic N) is 2. The highest BCUT2D eigenvalue weighted by Gasteiger charge is 2.28. The molecule has 0 aliphatic carbocycles. The van der Waals surface area contributed by atoms with Crippen LogP contribution in [0.5, 0.6) is 0 Å². The maximum Gasteiger partial charge on any atom is 0.408 e. The van der Waals surface area contributed by atoms with Gasteiger partial charge in [-0.05, 0) is 39.3 Å². The molecule has 0 spiro atoms. The van der Waals surface area contributed by atoms with Crippen molar-refractivity contribution in [3.8, 4) is 6.19 Å². The number of nitrogens with one attached hydrogen (secondary N) is 2. The van der Waals surface area contributed by atoms with Crippen molar-refractivity contribution >= 4 is 22.9 Å². The molecule has 2 aromatic rings. The number of ether oxygens (including phenoxy) is 1. The first-order valence-corrected chi connectivity index (χ1v) is 8.50. The molecular weight excluding hydrogens is 332 g/mol. The van der Waals surface area contributed by atoms with Gasteiger partial charge in [0.15, 0.2) is 6.19 Å². The Morgan fingerprint density at radius 1 is 1.35 bits per heavy atom. The number of benzene rings is 1. The molecule has 7 heteroatoms. The number of fused-ring (bicyclic) bond motifs is 1. The number of hydrogen-bond acceptors (Lipinski definition) is 4. The molecule has 138 valence electrons. The van der Waals surface area contributed by atoms with Gasteiger partial charge in [0, 0.05) is 30.1 Å². The van der Waals surface area contributed by atoms with E-state index in [1.54, 1.807) is 27.7 Å². The van der Waals surface area contributed by atoms with Gasteiger partial charge in [0.05, 0.1) is 0 Å². The van der Waals surface area contributed by atoms with Crippen LogP contribution in [-0.4, -0.2) is 40.1 Å². The minimum absolute atomic E-state index is 0.232. The molecule has 0 saturated carbocycles. The zero-order chi connectivity index (χ0) is 19.3. The van der Waals surface area contributed by atoms with Crippen LogP contribution in [0.2, 0.25) is 0 Å². The second kappa shape index (κ2) is 7.91. The highest BCUT2D eigenvalue weighted by molar-refractivity contribution is 5.89. The number of likely N-dealkylation sites (N-methyl/N-ethyl adjacent to an activating group) is 1. The number of carbonyl (C=O) groups excluding carboxylic acids is 2. The minimum atomic E-state index is -0.899. The summed E-state index contributed by atoms with van der Waals surface area (Å²) in [6.07, 6.45) is 3.22. The van der Waals surface area contributed by atoms with Gasteiger partial charge in [-0.25, -0.2) is 9.69 Å². The highest BCUT2D eigenvalue weighted by atomic mass is 16.6. The fourth-order valence-electron chi connectivity index (χ4n) is 2.63. The summed E-state index contributed by atoms with van der Waals surface area (Å²) in [4.78, 5) is 29.0. The van der Waals surface area contributed by atoms with Crippen molar-refractivity contribution in [3.63, 3.8) is 0 Å². The van der Waals surface area contributed by atoms with Gasteiger partial charge in [-0.15, -0.1) is 0 Å². The van der Waals surface area contributed by atoms with E-state index >= 15 is 0 Å². The van der Waals surface area contributed by atoms with Crippen LogP contribution < -0.4 is 5.32 Å².